The van der Waals surface area contributed by atoms with Gasteiger partial charge in [0.2, 0.25) is 0 Å². The number of pyridine rings is 1. The van der Waals surface area contributed by atoms with Crippen molar-refractivity contribution < 1.29 is 0 Å². The second-order valence-corrected chi connectivity index (χ2v) is 5.19. The van der Waals surface area contributed by atoms with E-state index in [4.69, 9.17) is 11.6 Å². The fraction of sp³-hybridized carbons (Fsp3) is 0.615. The van der Waals surface area contributed by atoms with E-state index in [2.05, 4.69) is 24.1 Å². The number of halogens is 1. The molecule has 3 heteroatoms. The van der Waals surface area contributed by atoms with Gasteiger partial charge in [-0.25, -0.2) is 0 Å². The highest BCUT2D eigenvalue weighted by molar-refractivity contribution is 6.31. The molecule has 1 aliphatic carbocycles. The van der Waals surface area contributed by atoms with E-state index in [0.717, 1.165) is 18.0 Å². The monoisotopic (exact) mass is 238 g/mol. The van der Waals surface area contributed by atoms with Crippen molar-refractivity contribution in [2.24, 2.45) is 5.41 Å². The molecule has 1 aliphatic rings. The minimum Gasteiger partial charge on any atom is -0.314 e. The molecule has 2 rings (SSSR count). The fourth-order valence-electron chi connectivity index (χ4n) is 2.37. The number of aromatic nitrogens is 1. The molecule has 0 radical (unpaired) electrons. The van der Waals surface area contributed by atoms with E-state index in [1.807, 2.05) is 12.3 Å². The number of hydrogen-bond acceptors (Lipinski definition) is 2. The molecule has 1 saturated carbocycles. The summed E-state index contributed by atoms with van der Waals surface area (Å²) < 4.78 is 0. The van der Waals surface area contributed by atoms with Crippen molar-refractivity contribution in [1.29, 1.82) is 0 Å². The Hall–Kier alpha value is -0.600. The van der Waals surface area contributed by atoms with E-state index in [1.54, 1.807) is 6.20 Å². The van der Waals surface area contributed by atoms with Crippen LogP contribution in [-0.2, 0) is 6.42 Å². The molecule has 0 aromatic carbocycles. The van der Waals surface area contributed by atoms with Crippen LogP contribution in [0.5, 0.6) is 0 Å². The topological polar surface area (TPSA) is 24.9 Å². The molecule has 0 amide bonds. The van der Waals surface area contributed by atoms with Crippen LogP contribution in [0.25, 0.3) is 0 Å². The summed E-state index contributed by atoms with van der Waals surface area (Å²) in [4.78, 5) is 4.03. The van der Waals surface area contributed by atoms with Crippen LogP contribution in [0.4, 0.5) is 0 Å². The standard InChI is InChI=1S/C13H19ClN2/c1-3-16-10(2)13(5-6-13)8-11-4-7-15-9-12(11)14/h4,7,9-10,16H,3,5-6,8H2,1-2H3. The highest BCUT2D eigenvalue weighted by atomic mass is 35.5. The third-order valence-corrected chi connectivity index (χ3v) is 4.06. The van der Waals surface area contributed by atoms with Gasteiger partial charge in [0.1, 0.15) is 0 Å². The van der Waals surface area contributed by atoms with Gasteiger partial charge in [-0.05, 0) is 49.8 Å². The van der Waals surface area contributed by atoms with Crippen molar-refractivity contribution in [3.05, 3.63) is 29.0 Å². The summed E-state index contributed by atoms with van der Waals surface area (Å²) in [6.45, 7) is 5.48. The first kappa shape index (κ1) is 11.9. The lowest BCUT2D eigenvalue weighted by molar-refractivity contribution is 0.355. The molecular weight excluding hydrogens is 220 g/mol. The van der Waals surface area contributed by atoms with Gasteiger partial charge in [-0.3, -0.25) is 4.98 Å². The predicted octanol–water partition coefficient (Wildman–Crippen LogP) is 3.06. The molecule has 2 nitrogen and oxygen atoms in total. The predicted molar refractivity (Wildman–Crippen MR) is 67.8 cm³/mol. The van der Waals surface area contributed by atoms with Crippen LogP contribution in [0.15, 0.2) is 18.5 Å². The molecule has 1 atom stereocenters. The lowest BCUT2D eigenvalue weighted by atomic mass is 9.90. The first-order chi connectivity index (χ1) is 7.68. The van der Waals surface area contributed by atoms with Crippen LogP contribution < -0.4 is 5.32 Å². The highest BCUT2D eigenvalue weighted by Gasteiger charge is 2.46. The Morgan fingerprint density at radius 3 is 2.88 bits per heavy atom. The molecule has 0 spiro atoms. The van der Waals surface area contributed by atoms with Crippen LogP contribution >= 0.6 is 11.6 Å². The Kier molecular flexibility index (Phi) is 3.50. The molecule has 1 heterocycles. The molecule has 0 bridgehead atoms. The molecule has 1 fully saturated rings. The van der Waals surface area contributed by atoms with Crippen molar-refractivity contribution in [2.45, 2.75) is 39.2 Å². The van der Waals surface area contributed by atoms with E-state index in [1.165, 1.54) is 18.4 Å². The van der Waals surface area contributed by atoms with E-state index < -0.39 is 0 Å². The first-order valence-electron chi connectivity index (χ1n) is 6.00. The van der Waals surface area contributed by atoms with Crippen LogP contribution in [0.3, 0.4) is 0 Å². The fourth-order valence-corrected chi connectivity index (χ4v) is 2.56. The Morgan fingerprint density at radius 2 is 2.31 bits per heavy atom. The third kappa shape index (κ3) is 2.38. The molecule has 88 valence electrons. The molecule has 1 aromatic heterocycles. The minimum atomic E-state index is 0.432. The van der Waals surface area contributed by atoms with E-state index in [0.29, 0.717) is 11.5 Å². The summed E-state index contributed by atoms with van der Waals surface area (Å²) in [6, 6.07) is 2.61. The maximum absolute atomic E-state index is 6.16. The zero-order valence-electron chi connectivity index (χ0n) is 9.96. The number of nitrogens with zero attached hydrogens (tertiary/aromatic N) is 1. The molecule has 0 saturated heterocycles. The molecular formula is C13H19ClN2. The largest absolute Gasteiger partial charge is 0.314 e. The Balaban J connectivity index is 2.07. The Bertz CT molecular complexity index is 361. The van der Waals surface area contributed by atoms with Gasteiger partial charge in [-0.15, -0.1) is 0 Å². The van der Waals surface area contributed by atoms with Crippen LogP contribution in [0.2, 0.25) is 5.02 Å². The van der Waals surface area contributed by atoms with Crippen molar-refractivity contribution in [3.8, 4) is 0 Å². The molecule has 1 aromatic rings. The summed E-state index contributed by atoms with van der Waals surface area (Å²) >= 11 is 6.16. The lowest BCUT2D eigenvalue weighted by Crippen LogP contribution is -2.36. The maximum Gasteiger partial charge on any atom is 0.0621 e. The van der Waals surface area contributed by atoms with Gasteiger partial charge in [-0.2, -0.15) is 0 Å². The van der Waals surface area contributed by atoms with Gasteiger partial charge in [0.15, 0.2) is 0 Å². The average Bonchev–Trinajstić information content (AvgIpc) is 3.03. The summed E-state index contributed by atoms with van der Waals surface area (Å²) in [6.07, 6.45) is 7.25. The zero-order chi connectivity index (χ0) is 11.6. The Morgan fingerprint density at radius 1 is 1.56 bits per heavy atom. The zero-order valence-corrected chi connectivity index (χ0v) is 10.7. The highest BCUT2D eigenvalue weighted by Crippen LogP contribution is 2.51. The van der Waals surface area contributed by atoms with Gasteiger partial charge >= 0.3 is 0 Å². The van der Waals surface area contributed by atoms with Crippen molar-refractivity contribution in [3.63, 3.8) is 0 Å². The number of nitrogens with one attached hydrogen (secondary N) is 1. The summed E-state index contributed by atoms with van der Waals surface area (Å²) in [5.74, 6) is 0. The van der Waals surface area contributed by atoms with Crippen LogP contribution in [-0.4, -0.2) is 17.6 Å². The number of hydrogen-bond donors (Lipinski definition) is 1. The molecule has 1 N–H and O–H groups in total. The van der Waals surface area contributed by atoms with E-state index >= 15 is 0 Å². The minimum absolute atomic E-state index is 0.432. The van der Waals surface area contributed by atoms with Crippen molar-refractivity contribution >= 4 is 11.6 Å². The SMILES string of the molecule is CCNC(C)C1(Cc2ccncc2Cl)CC1. The number of rotatable bonds is 5. The second-order valence-electron chi connectivity index (χ2n) is 4.79. The first-order valence-corrected chi connectivity index (χ1v) is 6.37. The van der Waals surface area contributed by atoms with Gasteiger partial charge in [0.25, 0.3) is 0 Å². The summed E-state index contributed by atoms with van der Waals surface area (Å²) in [5.41, 5.74) is 1.67. The third-order valence-electron chi connectivity index (χ3n) is 3.72. The summed E-state index contributed by atoms with van der Waals surface area (Å²) in [7, 11) is 0. The van der Waals surface area contributed by atoms with Crippen molar-refractivity contribution in [1.82, 2.24) is 10.3 Å². The second kappa shape index (κ2) is 4.72. The average molecular weight is 239 g/mol. The van der Waals surface area contributed by atoms with Crippen LogP contribution in [0, 0.1) is 5.41 Å². The quantitative estimate of drug-likeness (QED) is 0.853. The van der Waals surface area contributed by atoms with Gasteiger partial charge < -0.3 is 5.32 Å². The van der Waals surface area contributed by atoms with Gasteiger partial charge in [0, 0.05) is 18.4 Å². The van der Waals surface area contributed by atoms with Gasteiger partial charge in [0.05, 0.1) is 5.02 Å². The lowest BCUT2D eigenvalue weighted by Gasteiger charge is -2.24. The maximum atomic E-state index is 6.16. The van der Waals surface area contributed by atoms with Crippen LogP contribution in [0.1, 0.15) is 32.3 Å². The smallest absolute Gasteiger partial charge is 0.0621 e. The van der Waals surface area contributed by atoms with E-state index in [9.17, 15) is 0 Å². The van der Waals surface area contributed by atoms with Crippen molar-refractivity contribution in [2.75, 3.05) is 6.54 Å². The van der Waals surface area contributed by atoms with E-state index in [-0.39, 0.29) is 0 Å². The summed E-state index contributed by atoms with van der Waals surface area (Å²) in [5, 5.41) is 4.33. The Labute approximate surface area is 102 Å². The van der Waals surface area contributed by atoms with Gasteiger partial charge in [-0.1, -0.05) is 18.5 Å². The molecule has 16 heavy (non-hydrogen) atoms. The normalized spacial score (nSPS) is 19.4. The molecule has 1 unspecified atom stereocenters. The molecule has 0 aliphatic heterocycles.